The number of amides is 2. The standard InChI is InChI=1S/C19H18FN7O6S2/c20-10-5-6-12(11(7-10)15(30)9-3-1-2-4-9)21-17(31)23-18-22-13(8-14(28)29)16(34-18)35(32,33)19-24-26-27-25-19/h5-7,9H,1-4,8H2,(H,28,29)(H2,21,22,23,31)(H,24,25,26,27). The third-order valence-corrected chi connectivity index (χ3v) is 8.33. The zero-order valence-electron chi connectivity index (χ0n) is 17.8. The van der Waals surface area contributed by atoms with Crippen LogP contribution in [0.3, 0.4) is 0 Å². The Morgan fingerprint density at radius 3 is 2.60 bits per heavy atom. The van der Waals surface area contributed by atoms with Gasteiger partial charge in [-0.2, -0.15) is 5.21 Å². The Labute approximate surface area is 201 Å². The number of carbonyl (C=O) groups is 3. The molecule has 1 saturated carbocycles. The lowest BCUT2D eigenvalue weighted by molar-refractivity contribution is -0.136. The van der Waals surface area contributed by atoms with Crippen molar-refractivity contribution in [2.24, 2.45) is 5.92 Å². The second-order valence-electron chi connectivity index (χ2n) is 7.64. The molecule has 4 rings (SSSR count). The van der Waals surface area contributed by atoms with E-state index in [1.165, 1.54) is 6.07 Å². The summed E-state index contributed by atoms with van der Waals surface area (Å²) < 4.78 is 38.9. The van der Waals surface area contributed by atoms with Crippen LogP contribution in [0, 0.1) is 11.7 Å². The fraction of sp³-hybridized carbons (Fsp3) is 0.316. The number of carboxylic acid groups (broad SMARTS) is 1. The fourth-order valence-electron chi connectivity index (χ4n) is 3.69. The molecule has 1 aromatic carbocycles. The molecule has 2 heterocycles. The van der Waals surface area contributed by atoms with Crippen LogP contribution in [0.15, 0.2) is 27.6 Å². The number of benzene rings is 1. The summed E-state index contributed by atoms with van der Waals surface area (Å²) in [6.07, 6.45) is 2.41. The molecule has 1 aliphatic rings. The third kappa shape index (κ3) is 5.32. The second-order valence-corrected chi connectivity index (χ2v) is 10.7. The molecule has 0 radical (unpaired) electrons. The summed E-state index contributed by atoms with van der Waals surface area (Å²) >= 11 is 0.496. The first-order valence-corrected chi connectivity index (χ1v) is 12.6. The number of anilines is 2. The van der Waals surface area contributed by atoms with E-state index < -0.39 is 43.4 Å². The molecule has 0 bridgehead atoms. The van der Waals surface area contributed by atoms with Crippen molar-refractivity contribution in [3.8, 4) is 0 Å². The number of ketones is 1. The molecule has 0 atom stereocenters. The monoisotopic (exact) mass is 523 g/mol. The van der Waals surface area contributed by atoms with Gasteiger partial charge in [-0.1, -0.05) is 29.3 Å². The van der Waals surface area contributed by atoms with Gasteiger partial charge in [0.05, 0.1) is 17.8 Å². The summed E-state index contributed by atoms with van der Waals surface area (Å²) in [6, 6.07) is 2.50. The van der Waals surface area contributed by atoms with E-state index in [-0.39, 0.29) is 33.8 Å². The number of sulfone groups is 1. The lowest BCUT2D eigenvalue weighted by atomic mass is 9.95. The molecule has 16 heteroatoms. The summed E-state index contributed by atoms with van der Waals surface area (Å²) in [5.41, 5.74) is -0.234. The predicted molar refractivity (Wildman–Crippen MR) is 118 cm³/mol. The zero-order chi connectivity index (χ0) is 25.2. The van der Waals surface area contributed by atoms with E-state index in [4.69, 9.17) is 5.11 Å². The highest BCUT2D eigenvalue weighted by molar-refractivity contribution is 7.93. The average molecular weight is 524 g/mol. The minimum absolute atomic E-state index is 0.0260. The molecule has 184 valence electrons. The minimum atomic E-state index is -4.36. The van der Waals surface area contributed by atoms with Crippen LogP contribution in [-0.2, 0) is 21.1 Å². The smallest absolute Gasteiger partial charge is 0.325 e. The molecule has 4 N–H and O–H groups in total. The number of nitrogens with one attached hydrogen (secondary N) is 3. The first-order valence-electron chi connectivity index (χ1n) is 10.3. The Balaban J connectivity index is 1.58. The number of urea groups is 1. The van der Waals surface area contributed by atoms with Crippen molar-refractivity contribution in [3.63, 3.8) is 0 Å². The number of carbonyl (C=O) groups excluding carboxylic acids is 2. The number of H-pyrrole nitrogens is 1. The first kappa shape index (κ1) is 24.3. The topological polar surface area (TPSA) is 197 Å². The largest absolute Gasteiger partial charge is 0.481 e. The number of halogens is 1. The summed E-state index contributed by atoms with van der Waals surface area (Å²) in [4.78, 5) is 40.6. The maximum atomic E-state index is 13.8. The number of aromatic nitrogens is 5. The minimum Gasteiger partial charge on any atom is -0.481 e. The Kier molecular flexibility index (Phi) is 6.83. The van der Waals surface area contributed by atoms with Gasteiger partial charge in [0, 0.05) is 11.5 Å². The number of rotatable bonds is 8. The van der Waals surface area contributed by atoms with E-state index in [0.717, 1.165) is 25.0 Å². The number of thiazole rings is 1. The second kappa shape index (κ2) is 9.83. The third-order valence-electron chi connectivity index (χ3n) is 5.23. The van der Waals surface area contributed by atoms with Crippen molar-refractivity contribution in [2.75, 3.05) is 10.6 Å². The molecule has 2 aromatic heterocycles. The molecule has 0 spiro atoms. The molecule has 13 nitrogen and oxygen atoms in total. The summed E-state index contributed by atoms with van der Waals surface area (Å²) in [6.45, 7) is 0. The van der Waals surface area contributed by atoms with E-state index in [0.29, 0.717) is 24.2 Å². The Bertz CT molecular complexity index is 1380. The van der Waals surface area contributed by atoms with Crippen LogP contribution < -0.4 is 10.6 Å². The maximum absolute atomic E-state index is 13.8. The SMILES string of the molecule is O=C(O)Cc1nc(NC(=O)Nc2ccc(F)cc2C(=O)C2CCCC2)sc1S(=O)(=O)c1nn[nH]n1. The molecule has 0 aliphatic heterocycles. The molecule has 35 heavy (non-hydrogen) atoms. The van der Waals surface area contributed by atoms with Crippen LogP contribution in [0.2, 0.25) is 0 Å². The average Bonchev–Trinajstić information content (AvgIpc) is 3.56. The van der Waals surface area contributed by atoms with Crippen LogP contribution in [0.1, 0.15) is 41.7 Å². The fourth-order valence-corrected chi connectivity index (χ4v) is 6.21. The number of aromatic amines is 1. The predicted octanol–water partition coefficient (Wildman–Crippen LogP) is 2.27. The highest BCUT2D eigenvalue weighted by atomic mass is 32.2. The van der Waals surface area contributed by atoms with Crippen LogP contribution in [0.4, 0.5) is 20.0 Å². The molecule has 1 aliphatic carbocycles. The number of aliphatic carboxylic acids is 1. The van der Waals surface area contributed by atoms with Crippen molar-refractivity contribution in [3.05, 3.63) is 35.3 Å². The van der Waals surface area contributed by atoms with Gasteiger partial charge in [0.1, 0.15) is 5.82 Å². The quantitative estimate of drug-likeness (QED) is 0.318. The first-order chi connectivity index (χ1) is 16.6. The van der Waals surface area contributed by atoms with Crippen molar-refractivity contribution in [1.82, 2.24) is 25.6 Å². The van der Waals surface area contributed by atoms with Gasteiger partial charge >= 0.3 is 12.0 Å². The Hall–Kier alpha value is -3.79. The van der Waals surface area contributed by atoms with Crippen LogP contribution >= 0.6 is 11.3 Å². The van der Waals surface area contributed by atoms with Gasteiger partial charge in [-0.15, -0.1) is 5.10 Å². The van der Waals surface area contributed by atoms with E-state index in [2.05, 4.69) is 31.0 Å². The van der Waals surface area contributed by atoms with Gasteiger partial charge < -0.3 is 10.4 Å². The van der Waals surface area contributed by atoms with Crippen LogP contribution in [-0.4, -0.2) is 56.9 Å². The van der Waals surface area contributed by atoms with Crippen molar-refractivity contribution >= 4 is 49.8 Å². The lowest BCUT2D eigenvalue weighted by Gasteiger charge is -2.14. The van der Waals surface area contributed by atoms with Gasteiger partial charge in [-0.05, 0) is 36.3 Å². The van der Waals surface area contributed by atoms with Gasteiger partial charge in [0.2, 0.25) is 0 Å². The van der Waals surface area contributed by atoms with Crippen LogP contribution in [0.5, 0.6) is 0 Å². The van der Waals surface area contributed by atoms with E-state index in [1.54, 1.807) is 0 Å². The Morgan fingerprint density at radius 2 is 1.94 bits per heavy atom. The molecule has 1 fully saturated rings. The zero-order valence-corrected chi connectivity index (χ0v) is 19.4. The highest BCUT2D eigenvalue weighted by Gasteiger charge is 2.31. The summed E-state index contributed by atoms with van der Waals surface area (Å²) in [5, 5.41) is 25.0. The van der Waals surface area contributed by atoms with Gasteiger partial charge in [-0.3, -0.25) is 14.9 Å². The van der Waals surface area contributed by atoms with E-state index in [9.17, 15) is 27.2 Å². The molecular formula is C19H18FN7O6S2. The van der Waals surface area contributed by atoms with Crippen molar-refractivity contribution < 1.29 is 32.3 Å². The number of hydrogen-bond donors (Lipinski definition) is 4. The van der Waals surface area contributed by atoms with Gasteiger partial charge in [-0.25, -0.2) is 22.6 Å². The van der Waals surface area contributed by atoms with Gasteiger partial charge in [0.25, 0.3) is 15.0 Å². The van der Waals surface area contributed by atoms with Crippen LogP contribution in [0.25, 0.3) is 0 Å². The van der Waals surface area contributed by atoms with E-state index in [1.807, 2.05) is 5.21 Å². The molecule has 0 unspecified atom stereocenters. The highest BCUT2D eigenvalue weighted by Crippen LogP contribution is 2.33. The Morgan fingerprint density at radius 1 is 1.20 bits per heavy atom. The molecule has 2 amide bonds. The van der Waals surface area contributed by atoms with E-state index >= 15 is 0 Å². The molecule has 0 saturated heterocycles. The summed E-state index contributed by atoms with van der Waals surface area (Å²) in [7, 11) is -4.36. The normalized spacial score (nSPS) is 14.1. The van der Waals surface area contributed by atoms with Gasteiger partial charge in [0.15, 0.2) is 15.1 Å². The number of nitrogens with zero attached hydrogens (tertiary/aromatic N) is 4. The molecular weight excluding hydrogens is 505 g/mol. The number of carboxylic acids is 1. The lowest BCUT2D eigenvalue weighted by Crippen LogP contribution is -2.22. The maximum Gasteiger partial charge on any atom is 0.325 e. The number of tetrazole rings is 1. The van der Waals surface area contributed by atoms with Crippen molar-refractivity contribution in [1.29, 1.82) is 0 Å². The number of Topliss-reactive ketones (excluding diaryl/α,β-unsaturated/α-hetero) is 1. The number of hydrogen-bond acceptors (Lipinski definition) is 10. The van der Waals surface area contributed by atoms with Crippen molar-refractivity contribution in [2.45, 2.75) is 41.5 Å². The summed E-state index contributed by atoms with van der Waals surface area (Å²) in [5.74, 6) is -2.51. The molecule has 3 aromatic rings.